The Hall–Kier alpha value is -3.50. The van der Waals surface area contributed by atoms with Gasteiger partial charge in [0.05, 0.1) is 18.1 Å². The number of anilines is 2. The summed E-state index contributed by atoms with van der Waals surface area (Å²) in [6.45, 7) is 1.84. The molecule has 0 spiro atoms. The first-order valence-corrected chi connectivity index (χ1v) is 10.4. The van der Waals surface area contributed by atoms with Crippen LogP contribution >= 0.6 is 12.2 Å². The number of aromatic nitrogens is 1. The zero-order valence-corrected chi connectivity index (χ0v) is 18.2. The highest BCUT2D eigenvalue weighted by atomic mass is 32.1. The maximum absolute atomic E-state index is 12.2. The first-order valence-electron chi connectivity index (χ1n) is 10.0. The molecule has 7 heteroatoms. The third-order valence-electron chi connectivity index (χ3n) is 5.85. The summed E-state index contributed by atoms with van der Waals surface area (Å²) in [5.74, 6) is 0.783. The second-order valence-corrected chi connectivity index (χ2v) is 8.11. The zero-order valence-electron chi connectivity index (χ0n) is 17.4. The molecule has 1 aliphatic carbocycles. The van der Waals surface area contributed by atoms with E-state index in [2.05, 4.69) is 11.1 Å². The van der Waals surface area contributed by atoms with Crippen molar-refractivity contribution < 1.29 is 9.21 Å². The highest BCUT2D eigenvalue weighted by Crippen LogP contribution is 2.40. The van der Waals surface area contributed by atoms with Gasteiger partial charge in [-0.25, -0.2) is 4.98 Å². The predicted octanol–water partition coefficient (Wildman–Crippen LogP) is 4.87. The molecule has 1 aliphatic rings. The smallest absolute Gasteiger partial charge is 0.181 e. The molecule has 3 aromatic rings. The molecule has 0 saturated heterocycles. The van der Waals surface area contributed by atoms with Crippen LogP contribution in [0.2, 0.25) is 0 Å². The summed E-state index contributed by atoms with van der Waals surface area (Å²) in [4.78, 5) is 20.2. The fourth-order valence-electron chi connectivity index (χ4n) is 3.83. The molecule has 0 bridgehead atoms. The molecule has 0 amide bonds. The molecule has 1 aromatic carbocycles. The van der Waals surface area contributed by atoms with Crippen LogP contribution in [0.15, 0.2) is 59.3 Å². The fraction of sp³-hybridized carbons (Fsp3) is 0.250. The second kappa shape index (κ2) is 8.32. The van der Waals surface area contributed by atoms with Crippen LogP contribution in [-0.4, -0.2) is 29.0 Å². The first kappa shape index (κ1) is 20.8. The first-order chi connectivity index (χ1) is 15.0. The number of carbonyl (C=O) groups is 1. The van der Waals surface area contributed by atoms with Gasteiger partial charge in [0.25, 0.3) is 0 Å². The van der Waals surface area contributed by atoms with Gasteiger partial charge in [-0.3, -0.25) is 0 Å². The van der Waals surface area contributed by atoms with Crippen molar-refractivity contribution in [2.24, 2.45) is 0 Å². The molecule has 2 heterocycles. The van der Waals surface area contributed by atoms with Crippen LogP contribution in [-0.2, 0) is 4.79 Å². The number of carbonyl (C=O) groups excluding carboxylic acids is 1. The number of pyridine rings is 1. The number of furan rings is 1. The number of aldehydes is 1. The lowest BCUT2D eigenvalue weighted by molar-refractivity contribution is -0.114. The van der Waals surface area contributed by atoms with Crippen molar-refractivity contribution in [1.29, 1.82) is 5.26 Å². The summed E-state index contributed by atoms with van der Waals surface area (Å²) in [5, 5.41) is 9.66. The minimum Gasteiger partial charge on any atom is -0.464 e. The Morgan fingerprint density at radius 3 is 2.52 bits per heavy atom. The van der Waals surface area contributed by atoms with Gasteiger partial charge in [-0.15, -0.1) is 0 Å². The number of benzene rings is 1. The van der Waals surface area contributed by atoms with E-state index in [0.29, 0.717) is 10.8 Å². The van der Waals surface area contributed by atoms with E-state index in [0.717, 1.165) is 53.8 Å². The number of rotatable bonds is 5. The van der Waals surface area contributed by atoms with Crippen LogP contribution in [0.25, 0.3) is 11.3 Å². The molecule has 0 aliphatic heterocycles. The van der Waals surface area contributed by atoms with Gasteiger partial charge in [0.1, 0.15) is 29.3 Å². The lowest BCUT2D eigenvalue weighted by Gasteiger charge is -2.48. The van der Waals surface area contributed by atoms with Crippen molar-refractivity contribution in [1.82, 2.24) is 4.98 Å². The number of nitrogens with zero attached hydrogens (tertiary/aromatic N) is 4. The molecular weight excluding hydrogens is 408 g/mol. The third-order valence-corrected chi connectivity index (χ3v) is 6.31. The highest BCUT2D eigenvalue weighted by molar-refractivity contribution is 7.80. The number of hydrogen-bond donors (Lipinski definition) is 0. The minimum absolute atomic E-state index is 0.386. The average Bonchev–Trinajstić information content (AvgIpc) is 3.30. The molecule has 4 rings (SSSR count). The summed E-state index contributed by atoms with van der Waals surface area (Å²) in [6, 6.07) is 15.6. The van der Waals surface area contributed by atoms with E-state index in [1.807, 2.05) is 66.2 Å². The van der Waals surface area contributed by atoms with E-state index >= 15 is 0 Å². The summed E-state index contributed by atoms with van der Waals surface area (Å²) >= 11 is 5.88. The van der Waals surface area contributed by atoms with Gasteiger partial charge in [-0.2, -0.15) is 5.26 Å². The average molecular weight is 431 g/mol. The van der Waals surface area contributed by atoms with Crippen LogP contribution in [0.3, 0.4) is 0 Å². The molecule has 0 radical (unpaired) electrons. The van der Waals surface area contributed by atoms with E-state index in [9.17, 15) is 4.79 Å². The Morgan fingerprint density at radius 1 is 1.26 bits per heavy atom. The van der Waals surface area contributed by atoms with Gasteiger partial charge in [0.15, 0.2) is 5.11 Å². The van der Waals surface area contributed by atoms with Crippen molar-refractivity contribution in [3.63, 3.8) is 0 Å². The lowest BCUT2D eigenvalue weighted by atomic mass is 9.76. The van der Waals surface area contributed by atoms with E-state index in [1.54, 1.807) is 12.5 Å². The zero-order chi connectivity index (χ0) is 22.0. The van der Waals surface area contributed by atoms with Crippen LogP contribution in [0, 0.1) is 18.3 Å². The number of aryl methyl sites for hydroxylation is 1. The molecule has 0 N–H and O–H groups in total. The van der Waals surface area contributed by atoms with Crippen LogP contribution in [0.4, 0.5) is 11.4 Å². The Balaban J connectivity index is 1.70. The molecule has 0 unspecified atom stereocenters. The van der Waals surface area contributed by atoms with E-state index in [4.69, 9.17) is 21.9 Å². The lowest BCUT2D eigenvalue weighted by Crippen LogP contribution is -2.60. The normalized spacial score (nSPS) is 14.2. The maximum atomic E-state index is 12.2. The Bertz CT molecular complexity index is 1150. The molecule has 2 aromatic heterocycles. The van der Waals surface area contributed by atoms with Gasteiger partial charge in [0.2, 0.25) is 0 Å². The fourth-order valence-corrected chi connectivity index (χ4v) is 4.22. The summed E-state index contributed by atoms with van der Waals surface area (Å²) in [5.41, 5.74) is 3.06. The van der Waals surface area contributed by atoms with Crippen molar-refractivity contribution >= 4 is 35.0 Å². The Morgan fingerprint density at radius 2 is 2.00 bits per heavy atom. The van der Waals surface area contributed by atoms with Crippen molar-refractivity contribution in [3.8, 4) is 17.4 Å². The molecule has 156 valence electrons. The maximum Gasteiger partial charge on any atom is 0.181 e. The Kier molecular flexibility index (Phi) is 5.57. The molecular formula is C24H22N4O2S. The van der Waals surface area contributed by atoms with Crippen molar-refractivity contribution in [2.45, 2.75) is 31.7 Å². The number of nitriles is 1. The molecule has 1 fully saturated rings. The quantitative estimate of drug-likeness (QED) is 0.422. The third kappa shape index (κ3) is 3.71. The van der Waals surface area contributed by atoms with Crippen molar-refractivity contribution in [2.75, 3.05) is 16.8 Å². The van der Waals surface area contributed by atoms with E-state index < -0.39 is 5.54 Å². The molecule has 1 saturated carbocycles. The van der Waals surface area contributed by atoms with Gasteiger partial charge >= 0.3 is 0 Å². The van der Waals surface area contributed by atoms with Crippen LogP contribution < -0.4 is 9.80 Å². The largest absolute Gasteiger partial charge is 0.464 e. The summed E-state index contributed by atoms with van der Waals surface area (Å²) in [7, 11) is 1.85. The minimum atomic E-state index is -0.660. The summed E-state index contributed by atoms with van der Waals surface area (Å²) < 4.78 is 5.48. The van der Waals surface area contributed by atoms with E-state index in [-0.39, 0.29) is 0 Å². The van der Waals surface area contributed by atoms with Crippen LogP contribution in [0.5, 0.6) is 0 Å². The van der Waals surface area contributed by atoms with Gasteiger partial charge < -0.3 is 19.0 Å². The predicted molar refractivity (Wildman–Crippen MR) is 124 cm³/mol. The highest BCUT2D eigenvalue weighted by Gasteiger charge is 2.45. The SMILES string of the molecule is Cc1cc(N(C)C(=S)N(c2ccc(-c3ccco3)cc2)C2(C=O)CCC2)cnc1C#N. The number of hydrogen-bond acceptors (Lipinski definition) is 5. The molecule has 0 atom stereocenters. The standard InChI is InChI=1S/C24H22N4O2S/c1-17-13-20(15-26-21(17)14-25)27(2)23(31)28(24(16-29)10-4-11-24)19-8-6-18(7-9-19)22-5-3-12-30-22/h3,5-9,12-13,15-16H,4,10-11H2,1-2H3. The van der Waals surface area contributed by atoms with Gasteiger partial charge in [0, 0.05) is 18.3 Å². The van der Waals surface area contributed by atoms with E-state index in [1.165, 1.54) is 0 Å². The van der Waals surface area contributed by atoms with Crippen molar-refractivity contribution in [3.05, 3.63) is 66.2 Å². The second-order valence-electron chi connectivity index (χ2n) is 7.75. The topological polar surface area (TPSA) is 73.4 Å². The van der Waals surface area contributed by atoms with Crippen LogP contribution in [0.1, 0.15) is 30.5 Å². The monoisotopic (exact) mass is 430 g/mol. The van der Waals surface area contributed by atoms with Gasteiger partial charge in [-0.1, -0.05) is 0 Å². The summed E-state index contributed by atoms with van der Waals surface area (Å²) in [6.07, 6.45) is 6.75. The Labute approximate surface area is 186 Å². The molecule has 6 nitrogen and oxygen atoms in total. The van der Waals surface area contributed by atoms with Gasteiger partial charge in [-0.05, 0) is 86.4 Å². The molecule has 31 heavy (non-hydrogen) atoms. The number of thiocarbonyl (C=S) groups is 1.